The fourth-order valence-electron chi connectivity index (χ4n) is 1.77. The Morgan fingerprint density at radius 1 is 1.32 bits per heavy atom. The molecule has 0 spiro atoms. The molecule has 0 bridgehead atoms. The molecule has 1 heterocycles. The summed E-state index contributed by atoms with van der Waals surface area (Å²) >= 11 is 0. The van der Waals surface area contributed by atoms with Gasteiger partial charge in [0.15, 0.2) is 0 Å². The summed E-state index contributed by atoms with van der Waals surface area (Å²) in [6.45, 7) is 11.4. The highest BCUT2D eigenvalue weighted by molar-refractivity contribution is 5.39. The Bertz CT molecular complexity index is 357. The first-order valence-electron chi connectivity index (χ1n) is 7.02. The van der Waals surface area contributed by atoms with Crippen molar-refractivity contribution in [1.29, 1.82) is 0 Å². The monoisotopic (exact) mass is 265 g/mol. The molecular weight excluding hydrogens is 238 g/mol. The van der Waals surface area contributed by atoms with Gasteiger partial charge < -0.3 is 15.3 Å². The van der Waals surface area contributed by atoms with Crippen LogP contribution in [0.15, 0.2) is 18.3 Å². The van der Waals surface area contributed by atoms with E-state index in [1.54, 1.807) is 0 Å². The average molecular weight is 265 g/mol. The molecule has 4 nitrogen and oxygen atoms in total. The normalized spacial score (nSPS) is 11.6. The van der Waals surface area contributed by atoms with E-state index in [0.717, 1.165) is 31.9 Å². The van der Waals surface area contributed by atoms with Crippen LogP contribution >= 0.6 is 0 Å². The summed E-state index contributed by atoms with van der Waals surface area (Å²) < 4.78 is 0. The van der Waals surface area contributed by atoms with Crippen LogP contribution in [-0.4, -0.2) is 35.3 Å². The van der Waals surface area contributed by atoms with Gasteiger partial charge in [-0.2, -0.15) is 0 Å². The summed E-state index contributed by atoms with van der Waals surface area (Å²) in [7, 11) is 0. The number of aliphatic hydroxyl groups is 1. The van der Waals surface area contributed by atoms with E-state index in [9.17, 15) is 0 Å². The second-order valence-corrected chi connectivity index (χ2v) is 5.79. The van der Waals surface area contributed by atoms with Crippen LogP contribution in [0.5, 0.6) is 0 Å². The van der Waals surface area contributed by atoms with Crippen molar-refractivity contribution in [3.8, 4) is 0 Å². The smallest absolute Gasteiger partial charge is 0.128 e. The Kier molecular flexibility index (Phi) is 6.25. The molecule has 1 aromatic heterocycles. The van der Waals surface area contributed by atoms with Crippen LogP contribution in [0.2, 0.25) is 0 Å². The summed E-state index contributed by atoms with van der Waals surface area (Å²) in [5.74, 6) is 0.982. The molecule has 0 aliphatic rings. The molecule has 0 fully saturated rings. The van der Waals surface area contributed by atoms with Crippen LogP contribution in [0.3, 0.4) is 0 Å². The van der Waals surface area contributed by atoms with Gasteiger partial charge in [-0.25, -0.2) is 4.98 Å². The Labute approximate surface area is 116 Å². The van der Waals surface area contributed by atoms with Crippen molar-refractivity contribution in [2.24, 2.45) is 0 Å². The van der Waals surface area contributed by atoms with Gasteiger partial charge in [-0.05, 0) is 45.7 Å². The van der Waals surface area contributed by atoms with Crippen LogP contribution in [0.25, 0.3) is 0 Å². The number of aromatic nitrogens is 1. The third-order valence-electron chi connectivity index (χ3n) is 2.92. The van der Waals surface area contributed by atoms with Crippen LogP contribution in [0.1, 0.15) is 39.7 Å². The van der Waals surface area contributed by atoms with Crippen molar-refractivity contribution in [3.05, 3.63) is 23.9 Å². The summed E-state index contributed by atoms with van der Waals surface area (Å²) in [4.78, 5) is 6.69. The van der Waals surface area contributed by atoms with Crippen LogP contribution in [0.4, 0.5) is 5.82 Å². The van der Waals surface area contributed by atoms with Crippen LogP contribution in [0, 0.1) is 0 Å². The van der Waals surface area contributed by atoms with E-state index >= 15 is 0 Å². The molecule has 0 saturated carbocycles. The van der Waals surface area contributed by atoms with Gasteiger partial charge in [-0.1, -0.05) is 6.07 Å². The minimum absolute atomic E-state index is 0.120. The minimum Gasteiger partial charge on any atom is -0.396 e. The molecule has 0 aromatic carbocycles. The van der Waals surface area contributed by atoms with Crippen molar-refractivity contribution < 1.29 is 5.11 Å². The third kappa shape index (κ3) is 6.03. The van der Waals surface area contributed by atoms with Crippen molar-refractivity contribution in [3.63, 3.8) is 0 Å². The summed E-state index contributed by atoms with van der Waals surface area (Å²) in [5.41, 5.74) is 1.31. The average Bonchev–Trinajstić information content (AvgIpc) is 2.38. The molecule has 0 unspecified atom stereocenters. The highest BCUT2D eigenvalue weighted by Crippen LogP contribution is 2.12. The molecule has 1 aromatic rings. The Hall–Kier alpha value is -1.13. The maximum absolute atomic E-state index is 8.89. The van der Waals surface area contributed by atoms with Gasteiger partial charge in [-0.3, -0.25) is 0 Å². The number of pyridine rings is 1. The molecule has 4 heteroatoms. The second-order valence-electron chi connectivity index (χ2n) is 5.79. The summed E-state index contributed by atoms with van der Waals surface area (Å²) in [6, 6.07) is 4.17. The first kappa shape index (κ1) is 15.9. The van der Waals surface area contributed by atoms with E-state index in [2.05, 4.69) is 55.0 Å². The SMILES string of the molecule is CCN(CCCO)c1ccc(CNC(C)(C)C)cn1. The highest BCUT2D eigenvalue weighted by Gasteiger charge is 2.09. The van der Waals surface area contributed by atoms with Gasteiger partial charge in [0.1, 0.15) is 5.82 Å². The maximum Gasteiger partial charge on any atom is 0.128 e. The molecule has 0 amide bonds. The quantitative estimate of drug-likeness (QED) is 0.793. The first-order valence-corrected chi connectivity index (χ1v) is 7.02. The van der Waals surface area contributed by atoms with Gasteiger partial charge in [0.05, 0.1) is 0 Å². The van der Waals surface area contributed by atoms with Gasteiger partial charge in [0.25, 0.3) is 0 Å². The topological polar surface area (TPSA) is 48.4 Å². The predicted molar refractivity (Wildman–Crippen MR) is 80.4 cm³/mol. The van der Waals surface area contributed by atoms with Crippen LogP contribution < -0.4 is 10.2 Å². The van der Waals surface area contributed by atoms with Gasteiger partial charge >= 0.3 is 0 Å². The Morgan fingerprint density at radius 2 is 2.05 bits per heavy atom. The highest BCUT2D eigenvalue weighted by atomic mass is 16.3. The molecule has 19 heavy (non-hydrogen) atoms. The first-order chi connectivity index (χ1) is 8.96. The van der Waals surface area contributed by atoms with E-state index in [1.807, 2.05) is 6.20 Å². The molecule has 0 saturated heterocycles. The van der Waals surface area contributed by atoms with E-state index < -0.39 is 0 Å². The second kappa shape index (κ2) is 7.46. The minimum atomic E-state index is 0.120. The fourth-order valence-corrected chi connectivity index (χ4v) is 1.77. The number of aliphatic hydroxyl groups excluding tert-OH is 1. The number of anilines is 1. The number of rotatable bonds is 7. The van der Waals surface area contributed by atoms with E-state index in [1.165, 1.54) is 5.56 Å². The Balaban J connectivity index is 2.59. The van der Waals surface area contributed by atoms with Gasteiger partial charge in [0.2, 0.25) is 0 Å². The lowest BCUT2D eigenvalue weighted by Crippen LogP contribution is -2.35. The van der Waals surface area contributed by atoms with Gasteiger partial charge in [-0.15, -0.1) is 0 Å². The standard InChI is InChI=1S/C15H27N3O/c1-5-18(9-6-10-19)14-8-7-13(11-16-14)12-17-15(2,3)4/h7-8,11,17,19H,5-6,9-10,12H2,1-4H3. The summed E-state index contributed by atoms with van der Waals surface area (Å²) in [5, 5.41) is 12.3. The largest absolute Gasteiger partial charge is 0.396 e. The number of nitrogens with zero attached hydrogens (tertiary/aromatic N) is 2. The molecule has 2 N–H and O–H groups in total. The molecule has 1 rings (SSSR count). The van der Waals surface area contributed by atoms with Crippen molar-refractivity contribution in [2.75, 3.05) is 24.6 Å². The predicted octanol–water partition coefficient (Wildman–Crippen LogP) is 2.18. The molecule has 0 aliphatic carbocycles. The van der Waals surface area contributed by atoms with Crippen molar-refractivity contribution in [2.45, 2.75) is 46.2 Å². The number of hydrogen-bond donors (Lipinski definition) is 2. The summed E-state index contributed by atoms with van der Waals surface area (Å²) in [6.07, 6.45) is 2.71. The number of nitrogens with one attached hydrogen (secondary N) is 1. The van der Waals surface area contributed by atoms with E-state index in [-0.39, 0.29) is 12.1 Å². The zero-order chi connectivity index (χ0) is 14.3. The zero-order valence-corrected chi connectivity index (χ0v) is 12.6. The zero-order valence-electron chi connectivity index (χ0n) is 12.6. The van der Waals surface area contributed by atoms with Crippen molar-refractivity contribution >= 4 is 5.82 Å². The lowest BCUT2D eigenvalue weighted by Gasteiger charge is -2.23. The molecular formula is C15H27N3O. The van der Waals surface area contributed by atoms with Gasteiger partial charge in [0, 0.05) is 38.0 Å². The molecule has 108 valence electrons. The molecule has 0 radical (unpaired) electrons. The molecule has 0 aliphatic heterocycles. The molecule has 0 atom stereocenters. The lowest BCUT2D eigenvalue weighted by molar-refractivity contribution is 0.289. The maximum atomic E-state index is 8.89. The van der Waals surface area contributed by atoms with Crippen LogP contribution in [-0.2, 0) is 6.54 Å². The lowest BCUT2D eigenvalue weighted by atomic mass is 10.1. The fraction of sp³-hybridized carbons (Fsp3) is 0.667. The third-order valence-corrected chi connectivity index (χ3v) is 2.92. The van der Waals surface area contributed by atoms with Crippen molar-refractivity contribution in [1.82, 2.24) is 10.3 Å². The number of hydrogen-bond acceptors (Lipinski definition) is 4. The van der Waals surface area contributed by atoms with E-state index in [0.29, 0.717) is 0 Å². The Morgan fingerprint density at radius 3 is 2.53 bits per heavy atom. The van der Waals surface area contributed by atoms with E-state index in [4.69, 9.17) is 5.11 Å².